The summed E-state index contributed by atoms with van der Waals surface area (Å²) in [4.78, 5) is 0. The highest BCUT2D eigenvalue weighted by molar-refractivity contribution is 6.02. The summed E-state index contributed by atoms with van der Waals surface area (Å²) in [6, 6.07) is 5.83. The molecule has 6 nitrogen and oxygen atoms in total. The fourth-order valence-corrected chi connectivity index (χ4v) is 2.51. The first kappa shape index (κ1) is 12.7. The molecule has 0 amide bonds. The van der Waals surface area contributed by atoms with Gasteiger partial charge in [0.15, 0.2) is 0 Å². The third-order valence-electron chi connectivity index (χ3n) is 3.43. The zero-order valence-electron chi connectivity index (χ0n) is 11.3. The van der Waals surface area contributed by atoms with Crippen LogP contribution in [0.15, 0.2) is 29.6 Å². The lowest BCUT2D eigenvalue weighted by Gasteiger charge is -2.19. The molecule has 6 heteroatoms. The number of aromatic nitrogens is 3. The molecule has 0 atom stereocenters. The van der Waals surface area contributed by atoms with Crippen LogP contribution in [0, 0.1) is 0 Å². The molecule has 0 saturated carbocycles. The minimum absolute atomic E-state index is 0.385. The zero-order valence-corrected chi connectivity index (χ0v) is 11.3. The first-order chi connectivity index (χ1) is 9.78. The Hall–Kier alpha value is -2.37. The normalized spacial score (nSPS) is 16.1. The van der Waals surface area contributed by atoms with Crippen LogP contribution in [0.5, 0.6) is 5.75 Å². The van der Waals surface area contributed by atoms with Crippen molar-refractivity contribution in [2.45, 2.75) is 25.9 Å². The number of aryl methyl sites for hydroxylation is 1. The van der Waals surface area contributed by atoms with E-state index in [4.69, 9.17) is 9.94 Å². The van der Waals surface area contributed by atoms with Gasteiger partial charge in [-0.3, -0.25) is 4.68 Å². The van der Waals surface area contributed by atoms with Crippen molar-refractivity contribution in [1.29, 1.82) is 0 Å². The van der Waals surface area contributed by atoms with Crippen LogP contribution >= 0.6 is 0 Å². The second-order valence-electron chi connectivity index (χ2n) is 4.85. The second-order valence-corrected chi connectivity index (χ2v) is 4.85. The van der Waals surface area contributed by atoms with E-state index in [1.807, 2.05) is 31.4 Å². The Balaban J connectivity index is 1.83. The van der Waals surface area contributed by atoms with Gasteiger partial charge in [0.2, 0.25) is 0 Å². The molecule has 0 fully saturated rings. The molecule has 1 aliphatic rings. The van der Waals surface area contributed by atoms with Crippen molar-refractivity contribution in [2.75, 3.05) is 0 Å². The average Bonchev–Trinajstić information content (AvgIpc) is 2.90. The smallest absolute Gasteiger partial charge is 0.134 e. The highest BCUT2D eigenvalue weighted by Crippen LogP contribution is 2.30. The molecule has 0 unspecified atom stereocenters. The van der Waals surface area contributed by atoms with Gasteiger partial charge in [0.05, 0.1) is 11.9 Å². The van der Waals surface area contributed by atoms with Crippen molar-refractivity contribution in [1.82, 2.24) is 15.0 Å². The molecule has 1 aromatic heterocycles. The lowest BCUT2D eigenvalue weighted by atomic mass is 9.89. The molecule has 1 aromatic carbocycles. The Bertz CT molecular complexity index is 648. The summed E-state index contributed by atoms with van der Waals surface area (Å²) in [5, 5.41) is 20.3. The van der Waals surface area contributed by atoms with Crippen molar-refractivity contribution in [3.8, 4) is 5.75 Å². The van der Waals surface area contributed by atoms with E-state index in [1.165, 1.54) is 0 Å². The van der Waals surface area contributed by atoms with Crippen LogP contribution in [0.4, 0.5) is 0 Å². The molecule has 1 heterocycles. The number of rotatable bonds is 3. The molecule has 1 N–H and O–H groups in total. The fourth-order valence-electron chi connectivity index (χ4n) is 2.51. The Morgan fingerprint density at radius 3 is 3.05 bits per heavy atom. The first-order valence-electron chi connectivity index (χ1n) is 6.59. The highest BCUT2D eigenvalue weighted by Gasteiger charge is 2.19. The van der Waals surface area contributed by atoms with Crippen molar-refractivity contribution >= 4 is 5.71 Å². The van der Waals surface area contributed by atoms with E-state index in [0.29, 0.717) is 6.61 Å². The average molecular weight is 272 g/mol. The number of ether oxygens (including phenoxy) is 1. The van der Waals surface area contributed by atoms with Gasteiger partial charge < -0.3 is 9.94 Å². The van der Waals surface area contributed by atoms with E-state index in [1.54, 1.807) is 4.68 Å². The summed E-state index contributed by atoms with van der Waals surface area (Å²) in [5.74, 6) is 0.828. The maximum Gasteiger partial charge on any atom is 0.134 e. The van der Waals surface area contributed by atoms with E-state index < -0.39 is 0 Å². The monoisotopic (exact) mass is 272 g/mol. The van der Waals surface area contributed by atoms with Crippen LogP contribution in [0.25, 0.3) is 0 Å². The van der Waals surface area contributed by atoms with Gasteiger partial charge in [0.1, 0.15) is 18.1 Å². The van der Waals surface area contributed by atoms with Gasteiger partial charge in [0, 0.05) is 18.2 Å². The number of benzene rings is 1. The zero-order chi connectivity index (χ0) is 13.9. The molecule has 3 rings (SSSR count). The second kappa shape index (κ2) is 5.32. The summed E-state index contributed by atoms with van der Waals surface area (Å²) < 4.78 is 7.49. The summed E-state index contributed by atoms with van der Waals surface area (Å²) >= 11 is 0. The molecule has 2 aromatic rings. The summed E-state index contributed by atoms with van der Waals surface area (Å²) in [6.45, 7) is 0.385. The third-order valence-corrected chi connectivity index (χ3v) is 3.43. The molecule has 104 valence electrons. The lowest BCUT2D eigenvalue weighted by Crippen LogP contribution is -2.13. The number of hydrogen-bond acceptors (Lipinski definition) is 5. The number of fused-ring (bicyclic) bond motifs is 1. The third kappa shape index (κ3) is 2.36. The largest absolute Gasteiger partial charge is 0.487 e. The molecule has 0 bridgehead atoms. The maximum atomic E-state index is 9.07. The van der Waals surface area contributed by atoms with Crippen LogP contribution in [-0.2, 0) is 20.1 Å². The van der Waals surface area contributed by atoms with Crippen LogP contribution < -0.4 is 4.74 Å². The van der Waals surface area contributed by atoms with Gasteiger partial charge in [0.25, 0.3) is 0 Å². The predicted molar refractivity (Wildman–Crippen MR) is 73.0 cm³/mol. The van der Waals surface area contributed by atoms with Crippen LogP contribution in [0.1, 0.15) is 29.7 Å². The van der Waals surface area contributed by atoms with E-state index >= 15 is 0 Å². The molecule has 0 spiro atoms. The van der Waals surface area contributed by atoms with Crippen molar-refractivity contribution in [3.05, 3.63) is 41.2 Å². The molecule has 1 aliphatic carbocycles. The predicted octanol–water partition coefficient (Wildman–Crippen LogP) is 1.91. The summed E-state index contributed by atoms with van der Waals surface area (Å²) in [6.07, 6.45) is 4.54. The van der Waals surface area contributed by atoms with Crippen molar-refractivity contribution in [3.63, 3.8) is 0 Å². The van der Waals surface area contributed by atoms with E-state index in [0.717, 1.165) is 47.5 Å². The van der Waals surface area contributed by atoms with Gasteiger partial charge >= 0.3 is 0 Å². The van der Waals surface area contributed by atoms with Crippen LogP contribution in [-0.4, -0.2) is 25.9 Å². The molecular weight excluding hydrogens is 256 g/mol. The number of hydrogen-bond donors (Lipinski definition) is 1. The van der Waals surface area contributed by atoms with Crippen LogP contribution in [0.2, 0.25) is 0 Å². The van der Waals surface area contributed by atoms with E-state index in [-0.39, 0.29) is 0 Å². The molecule has 0 saturated heterocycles. The minimum Gasteiger partial charge on any atom is -0.487 e. The van der Waals surface area contributed by atoms with Gasteiger partial charge in [-0.1, -0.05) is 22.5 Å². The Morgan fingerprint density at radius 1 is 1.40 bits per heavy atom. The molecular formula is C14H16N4O2. The Morgan fingerprint density at radius 2 is 2.30 bits per heavy atom. The van der Waals surface area contributed by atoms with Crippen molar-refractivity contribution in [2.24, 2.45) is 12.2 Å². The number of oxime groups is 1. The maximum absolute atomic E-state index is 9.07. The SMILES string of the molecule is Cn1cc(COc2cccc3c2CCC/C3=N\O)nn1. The Labute approximate surface area is 116 Å². The van der Waals surface area contributed by atoms with Crippen molar-refractivity contribution < 1.29 is 9.94 Å². The highest BCUT2D eigenvalue weighted by atomic mass is 16.5. The lowest BCUT2D eigenvalue weighted by molar-refractivity contribution is 0.297. The standard InChI is InChI=1S/C14H16N4O2/c1-18-8-10(15-17-18)9-20-14-7-3-4-11-12(14)5-2-6-13(11)16-19/h3-4,7-8,19H,2,5-6,9H2,1H3/b16-13+. The van der Waals surface area contributed by atoms with Crippen LogP contribution in [0.3, 0.4) is 0 Å². The Kier molecular flexibility index (Phi) is 3.37. The minimum atomic E-state index is 0.385. The van der Waals surface area contributed by atoms with Gasteiger partial charge in [-0.15, -0.1) is 5.10 Å². The van der Waals surface area contributed by atoms with Gasteiger partial charge in [-0.05, 0) is 25.3 Å². The molecule has 0 aliphatic heterocycles. The molecule has 0 radical (unpaired) electrons. The topological polar surface area (TPSA) is 72.5 Å². The summed E-state index contributed by atoms with van der Waals surface area (Å²) in [7, 11) is 1.82. The van der Waals surface area contributed by atoms with Gasteiger partial charge in [-0.25, -0.2) is 0 Å². The van der Waals surface area contributed by atoms with E-state index in [9.17, 15) is 0 Å². The van der Waals surface area contributed by atoms with Gasteiger partial charge in [-0.2, -0.15) is 0 Å². The fraction of sp³-hybridized carbons (Fsp3) is 0.357. The summed E-state index contributed by atoms with van der Waals surface area (Å²) in [5.41, 5.74) is 3.61. The molecule has 20 heavy (non-hydrogen) atoms. The van der Waals surface area contributed by atoms with E-state index in [2.05, 4.69) is 15.5 Å². The first-order valence-corrected chi connectivity index (χ1v) is 6.59. The number of nitrogens with zero attached hydrogens (tertiary/aromatic N) is 4. The quantitative estimate of drug-likeness (QED) is 0.684.